The first kappa shape index (κ1) is 27.3. The molecule has 2 aromatic rings. The number of carbonyl (C=O) groups excluding carboxylic acids is 1. The molecule has 4 rings (SSSR count). The Labute approximate surface area is 220 Å². The molecule has 0 bridgehead atoms. The molecule has 1 amide bonds. The maximum Gasteiger partial charge on any atom is 0.261 e. The van der Waals surface area contributed by atoms with Gasteiger partial charge in [-0.25, -0.2) is 8.42 Å². The largest absolute Gasteiger partial charge is 0.394 e. The number of carbonyl (C=O) groups is 1. The van der Waals surface area contributed by atoms with E-state index in [9.17, 15) is 18.3 Å². The van der Waals surface area contributed by atoms with Crippen molar-refractivity contribution >= 4 is 27.1 Å². The number of benzene rings is 1. The molecule has 0 spiro atoms. The fourth-order valence-corrected chi connectivity index (χ4v) is 7.97. The fourth-order valence-electron chi connectivity index (χ4n) is 5.70. The number of rotatable bonds is 9. The first-order chi connectivity index (χ1) is 17.1. The molecule has 2 N–H and O–H groups in total. The molecule has 2 atom stereocenters. The van der Waals surface area contributed by atoms with Crippen LogP contribution in [0.3, 0.4) is 0 Å². The Morgan fingerprint density at radius 2 is 1.83 bits per heavy atom. The molecule has 1 aromatic heterocycles. The molecule has 2 heterocycles. The van der Waals surface area contributed by atoms with Crippen molar-refractivity contribution in [2.24, 2.45) is 17.8 Å². The monoisotopic (exact) mass is 532 g/mol. The molecule has 1 saturated carbocycles. The Morgan fingerprint density at radius 3 is 2.42 bits per heavy atom. The summed E-state index contributed by atoms with van der Waals surface area (Å²) in [6, 6.07) is 8.17. The molecule has 198 valence electrons. The smallest absolute Gasteiger partial charge is 0.261 e. The second kappa shape index (κ2) is 11.3. The van der Waals surface area contributed by atoms with Crippen molar-refractivity contribution in [3.05, 3.63) is 51.2 Å². The summed E-state index contributed by atoms with van der Waals surface area (Å²) in [5.41, 5.74) is 1.93. The van der Waals surface area contributed by atoms with Gasteiger partial charge in [0.1, 0.15) is 0 Å². The lowest BCUT2D eigenvalue weighted by atomic mass is 9.82. The molecule has 1 aliphatic heterocycles. The summed E-state index contributed by atoms with van der Waals surface area (Å²) in [5, 5.41) is 12.9. The van der Waals surface area contributed by atoms with Crippen molar-refractivity contribution < 1.29 is 18.3 Å². The molecule has 36 heavy (non-hydrogen) atoms. The summed E-state index contributed by atoms with van der Waals surface area (Å²) in [7, 11) is -3.29. The average molecular weight is 533 g/mol. The Hall–Kier alpha value is -1.74. The van der Waals surface area contributed by atoms with Crippen molar-refractivity contribution in [2.75, 3.05) is 18.9 Å². The van der Waals surface area contributed by atoms with Gasteiger partial charge in [-0.05, 0) is 59.9 Å². The van der Waals surface area contributed by atoms with Gasteiger partial charge in [0, 0.05) is 24.0 Å². The van der Waals surface area contributed by atoms with Crippen molar-refractivity contribution in [1.82, 2.24) is 10.2 Å². The number of nitrogens with zero attached hydrogens (tertiary/aromatic N) is 1. The van der Waals surface area contributed by atoms with Gasteiger partial charge in [0.25, 0.3) is 5.91 Å². The van der Waals surface area contributed by atoms with Crippen LogP contribution in [0.4, 0.5) is 0 Å². The Kier molecular flexibility index (Phi) is 8.60. The lowest BCUT2D eigenvalue weighted by Gasteiger charge is -2.34. The zero-order valence-corrected chi connectivity index (χ0v) is 23.5. The molecule has 2 aliphatic rings. The first-order valence-corrected chi connectivity index (χ1v) is 15.7. The molecular weight excluding hydrogens is 492 g/mol. The minimum absolute atomic E-state index is 0.0320. The van der Waals surface area contributed by atoms with Crippen LogP contribution in [0.1, 0.15) is 91.1 Å². The maximum absolute atomic E-state index is 13.1. The van der Waals surface area contributed by atoms with Gasteiger partial charge >= 0.3 is 0 Å². The molecule has 1 aliphatic carbocycles. The third-order valence-electron chi connectivity index (χ3n) is 7.87. The number of nitrogens with one attached hydrogen (secondary N) is 1. The predicted octanol–water partition coefficient (Wildman–Crippen LogP) is 5.34. The topological polar surface area (TPSA) is 86.7 Å². The number of thiophene rings is 1. The third-order valence-corrected chi connectivity index (χ3v) is 10.9. The lowest BCUT2D eigenvalue weighted by Crippen LogP contribution is -2.32. The highest BCUT2D eigenvalue weighted by Crippen LogP contribution is 2.45. The second-order valence-corrected chi connectivity index (χ2v) is 14.3. The summed E-state index contributed by atoms with van der Waals surface area (Å²) >= 11 is 1.57. The van der Waals surface area contributed by atoms with Crippen LogP contribution in [0.25, 0.3) is 0 Å². The van der Waals surface area contributed by atoms with E-state index in [4.69, 9.17) is 0 Å². The van der Waals surface area contributed by atoms with Gasteiger partial charge in [-0.15, -0.1) is 11.3 Å². The van der Waals surface area contributed by atoms with Crippen molar-refractivity contribution in [2.45, 2.75) is 76.9 Å². The minimum Gasteiger partial charge on any atom is -0.394 e. The zero-order valence-electron chi connectivity index (χ0n) is 21.9. The van der Waals surface area contributed by atoms with Crippen LogP contribution >= 0.6 is 11.3 Å². The summed E-state index contributed by atoms with van der Waals surface area (Å²) in [5.74, 6) is 1.92. The number of fused-ring (bicyclic) bond motifs is 1. The Bertz CT molecular complexity index is 1150. The van der Waals surface area contributed by atoms with Crippen molar-refractivity contribution in [3.63, 3.8) is 0 Å². The van der Waals surface area contributed by atoms with Crippen LogP contribution in [-0.2, 0) is 16.4 Å². The van der Waals surface area contributed by atoms with Gasteiger partial charge in [0.15, 0.2) is 9.84 Å². The molecule has 6 nitrogen and oxygen atoms in total. The van der Waals surface area contributed by atoms with Gasteiger partial charge in [-0.1, -0.05) is 52.7 Å². The van der Waals surface area contributed by atoms with Crippen LogP contribution in [0.15, 0.2) is 35.2 Å². The number of sulfone groups is 1. The van der Waals surface area contributed by atoms with E-state index in [0.717, 1.165) is 24.9 Å². The summed E-state index contributed by atoms with van der Waals surface area (Å²) in [4.78, 5) is 18.0. The average Bonchev–Trinajstić information content (AvgIpc) is 3.41. The SMILES string of the molecule is CCS(=O)(=O)c1ccc([C@H](CO)NC(=O)c2cc3c(s2)[C@@H](C(C)C)N(CC2CCC(C)CC2)C3)cc1. The highest BCUT2D eigenvalue weighted by atomic mass is 32.2. The summed E-state index contributed by atoms with van der Waals surface area (Å²) in [6.07, 6.45) is 5.30. The third kappa shape index (κ3) is 5.87. The van der Waals surface area contributed by atoms with E-state index < -0.39 is 15.9 Å². The van der Waals surface area contributed by atoms with Gasteiger partial charge in [-0.2, -0.15) is 0 Å². The number of aliphatic hydroxyl groups excluding tert-OH is 1. The van der Waals surface area contributed by atoms with E-state index >= 15 is 0 Å². The van der Waals surface area contributed by atoms with Crippen LogP contribution in [0, 0.1) is 17.8 Å². The minimum atomic E-state index is -3.29. The number of aliphatic hydroxyl groups is 1. The molecule has 1 fully saturated rings. The summed E-state index contributed by atoms with van der Waals surface area (Å²) in [6.45, 7) is 10.3. The molecule has 0 unspecified atom stereocenters. The van der Waals surface area contributed by atoms with E-state index in [1.165, 1.54) is 48.3 Å². The van der Waals surface area contributed by atoms with E-state index in [1.54, 1.807) is 30.4 Å². The van der Waals surface area contributed by atoms with Crippen LogP contribution < -0.4 is 5.32 Å². The Balaban J connectivity index is 1.44. The molecule has 8 heteroatoms. The van der Waals surface area contributed by atoms with Crippen molar-refractivity contribution in [3.8, 4) is 0 Å². The van der Waals surface area contributed by atoms with Crippen LogP contribution in [-0.4, -0.2) is 43.2 Å². The quantitative estimate of drug-likeness (QED) is 0.455. The maximum atomic E-state index is 13.1. The standard InChI is InChI=1S/C28H40N2O4S2/c1-5-36(33,34)23-12-10-21(11-13-23)24(17-31)29-28(32)25-14-22-16-30(26(18(2)3)27(22)35-25)15-20-8-6-19(4)7-9-20/h10-14,18-20,24,26,31H,5-9,15-17H2,1-4H3,(H,29,32)/t19?,20?,24-,26+/m0/s1. The van der Waals surface area contributed by atoms with E-state index in [0.29, 0.717) is 22.4 Å². The molecule has 0 saturated heterocycles. The number of amides is 1. The van der Waals surface area contributed by atoms with E-state index in [2.05, 4.69) is 31.0 Å². The molecular formula is C28H40N2O4S2. The van der Waals surface area contributed by atoms with E-state index in [1.807, 2.05) is 6.07 Å². The highest BCUT2D eigenvalue weighted by molar-refractivity contribution is 7.91. The van der Waals surface area contributed by atoms with Gasteiger partial charge in [-0.3, -0.25) is 9.69 Å². The second-order valence-electron chi connectivity index (χ2n) is 10.9. The van der Waals surface area contributed by atoms with Crippen LogP contribution in [0.2, 0.25) is 0 Å². The highest BCUT2D eigenvalue weighted by Gasteiger charge is 2.37. The predicted molar refractivity (Wildman–Crippen MR) is 145 cm³/mol. The van der Waals surface area contributed by atoms with Gasteiger partial charge in [0.2, 0.25) is 0 Å². The van der Waals surface area contributed by atoms with E-state index in [-0.39, 0.29) is 23.2 Å². The lowest BCUT2D eigenvalue weighted by molar-refractivity contribution is 0.0919. The molecule has 0 radical (unpaired) electrons. The first-order valence-electron chi connectivity index (χ1n) is 13.2. The number of hydrogen-bond donors (Lipinski definition) is 2. The van der Waals surface area contributed by atoms with Crippen LogP contribution in [0.5, 0.6) is 0 Å². The number of hydrogen-bond acceptors (Lipinski definition) is 6. The summed E-state index contributed by atoms with van der Waals surface area (Å²) < 4.78 is 24.2. The van der Waals surface area contributed by atoms with Gasteiger partial charge < -0.3 is 10.4 Å². The molecule has 1 aromatic carbocycles. The Morgan fingerprint density at radius 1 is 1.17 bits per heavy atom. The van der Waals surface area contributed by atoms with Gasteiger partial charge in [0.05, 0.1) is 28.2 Å². The fraction of sp³-hybridized carbons (Fsp3) is 0.607. The van der Waals surface area contributed by atoms with Crippen molar-refractivity contribution in [1.29, 1.82) is 0 Å². The normalized spacial score (nSPS) is 23.6. The zero-order chi connectivity index (χ0) is 26.0.